The van der Waals surface area contributed by atoms with E-state index in [2.05, 4.69) is 11.9 Å². The Morgan fingerprint density at radius 2 is 1.65 bits per heavy atom. The van der Waals surface area contributed by atoms with Crippen LogP contribution in [-0.2, 0) is 0 Å². The summed E-state index contributed by atoms with van der Waals surface area (Å²) in [6.07, 6.45) is 0. The maximum Gasteiger partial charge on any atom is 0.261 e. The number of rotatable bonds is 6. The molecule has 1 N–H and O–H groups in total. The SMILES string of the molecule is C=C(Nc1cccc(C(=O)N(C)c2ccc(F)cc2)c1F)C1C(c2cc(Cl)cc(Cl)c2)C1(Cl)Cl. The van der Waals surface area contributed by atoms with Crippen LogP contribution in [0.2, 0.25) is 10.0 Å². The highest BCUT2D eigenvalue weighted by molar-refractivity contribution is 6.52. The molecule has 2 unspecified atom stereocenters. The van der Waals surface area contributed by atoms with Gasteiger partial charge in [0.25, 0.3) is 5.91 Å². The molecule has 3 nitrogen and oxygen atoms in total. The molecule has 1 aliphatic rings. The highest BCUT2D eigenvalue weighted by Gasteiger charge is 2.65. The van der Waals surface area contributed by atoms with Crippen LogP contribution in [0, 0.1) is 17.6 Å². The molecule has 0 saturated heterocycles. The second-order valence-electron chi connectivity index (χ2n) is 7.99. The van der Waals surface area contributed by atoms with E-state index in [9.17, 15) is 9.18 Å². The third kappa shape index (κ3) is 4.76. The number of nitrogens with one attached hydrogen (secondary N) is 1. The van der Waals surface area contributed by atoms with Gasteiger partial charge in [0.05, 0.1) is 11.3 Å². The van der Waals surface area contributed by atoms with Crippen molar-refractivity contribution in [3.63, 3.8) is 0 Å². The summed E-state index contributed by atoms with van der Waals surface area (Å²) in [4.78, 5) is 14.1. The van der Waals surface area contributed by atoms with E-state index in [1.165, 1.54) is 48.3 Å². The van der Waals surface area contributed by atoms with E-state index >= 15 is 4.39 Å². The van der Waals surface area contributed by atoms with Gasteiger partial charge >= 0.3 is 0 Å². The molecular formula is C25H18Cl4F2N2O. The van der Waals surface area contributed by atoms with Crippen LogP contribution in [0.4, 0.5) is 20.2 Å². The minimum Gasteiger partial charge on any atom is -0.357 e. The molecule has 3 aromatic rings. The number of hydrogen-bond acceptors (Lipinski definition) is 2. The van der Waals surface area contributed by atoms with Crippen molar-refractivity contribution in [2.24, 2.45) is 5.92 Å². The predicted octanol–water partition coefficient (Wildman–Crippen LogP) is 8.06. The summed E-state index contributed by atoms with van der Waals surface area (Å²) in [5, 5.41) is 3.80. The zero-order valence-electron chi connectivity index (χ0n) is 17.8. The average molecular weight is 542 g/mol. The molecule has 176 valence electrons. The third-order valence-electron chi connectivity index (χ3n) is 5.72. The molecule has 3 aromatic carbocycles. The number of hydrogen-bond donors (Lipinski definition) is 1. The van der Waals surface area contributed by atoms with Crippen LogP contribution in [0.1, 0.15) is 21.8 Å². The summed E-state index contributed by atoms with van der Waals surface area (Å²) < 4.78 is 27.3. The summed E-state index contributed by atoms with van der Waals surface area (Å²) >= 11 is 25.2. The molecule has 1 fully saturated rings. The quantitative estimate of drug-likeness (QED) is 0.320. The Morgan fingerprint density at radius 3 is 2.26 bits per heavy atom. The molecule has 0 aliphatic heterocycles. The summed E-state index contributed by atoms with van der Waals surface area (Å²) in [6.45, 7) is 3.99. The Bertz CT molecular complexity index is 1260. The number of alkyl halides is 2. The average Bonchev–Trinajstić information content (AvgIpc) is 3.36. The van der Waals surface area contributed by atoms with Crippen molar-refractivity contribution in [1.82, 2.24) is 0 Å². The van der Waals surface area contributed by atoms with Crippen LogP contribution >= 0.6 is 46.4 Å². The van der Waals surface area contributed by atoms with Gasteiger partial charge in [0.15, 0.2) is 5.82 Å². The van der Waals surface area contributed by atoms with Crippen LogP contribution in [0.25, 0.3) is 0 Å². The number of benzene rings is 3. The van der Waals surface area contributed by atoms with Gasteiger partial charge in [0.2, 0.25) is 0 Å². The highest BCUT2D eigenvalue weighted by Crippen LogP contribution is 2.67. The number of carbonyl (C=O) groups is 1. The van der Waals surface area contributed by atoms with Gasteiger partial charge in [-0.1, -0.05) is 35.8 Å². The van der Waals surface area contributed by atoms with Crippen molar-refractivity contribution in [2.45, 2.75) is 10.3 Å². The minimum atomic E-state index is -1.19. The molecule has 9 heteroatoms. The maximum atomic E-state index is 15.3. The smallest absolute Gasteiger partial charge is 0.261 e. The van der Waals surface area contributed by atoms with Crippen molar-refractivity contribution >= 4 is 63.7 Å². The van der Waals surface area contributed by atoms with Gasteiger partial charge in [0, 0.05) is 40.3 Å². The number of carbonyl (C=O) groups excluding carboxylic acids is 1. The van der Waals surface area contributed by atoms with E-state index < -0.39 is 27.8 Å². The van der Waals surface area contributed by atoms with E-state index in [1.54, 1.807) is 24.3 Å². The number of amides is 1. The first-order valence-electron chi connectivity index (χ1n) is 10.1. The van der Waals surface area contributed by atoms with Crippen molar-refractivity contribution in [3.05, 3.63) is 106 Å². The molecule has 0 spiro atoms. The lowest BCUT2D eigenvalue weighted by atomic mass is 10.1. The molecule has 1 amide bonds. The molecule has 1 aliphatic carbocycles. The maximum absolute atomic E-state index is 15.3. The van der Waals surface area contributed by atoms with Gasteiger partial charge in [0.1, 0.15) is 10.2 Å². The fourth-order valence-electron chi connectivity index (χ4n) is 3.94. The molecule has 1 saturated carbocycles. The zero-order valence-corrected chi connectivity index (χ0v) is 20.8. The lowest BCUT2D eigenvalue weighted by molar-refractivity contribution is 0.0989. The van der Waals surface area contributed by atoms with Crippen LogP contribution in [0.3, 0.4) is 0 Å². The van der Waals surface area contributed by atoms with Crippen LogP contribution in [0.5, 0.6) is 0 Å². The van der Waals surface area contributed by atoms with Crippen molar-refractivity contribution in [2.75, 3.05) is 17.3 Å². The monoisotopic (exact) mass is 540 g/mol. The van der Waals surface area contributed by atoms with Gasteiger partial charge < -0.3 is 10.2 Å². The first-order chi connectivity index (χ1) is 16.0. The number of nitrogens with zero attached hydrogens (tertiary/aromatic N) is 1. The third-order valence-corrected chi connectivity index (χ3v) is 7.09. The number of allylic oxidation sites excluding steroid dienone is 1. The summed E-state index contributed by atoms with van der Waals surface area (Å²) in [5.74, 6) is -2.61. The van der Waals surface area contributed by atoms with Crippen LogP contribution < -0.4 is 10.2 Å². The Balaban J connectivity index is 1.54. The standard InChI is InChI=1S/C25H18Cl4F2N2O/c1-13(21-22(25(21,28)29)14-10-15(26)12-16(27)11-14)32-20-5-3-4-19(23(20)31)24(34)33(2)18-8-6-17(30)7-9-18/h3-12,21-22,32H,1H2,2H3. The lowest BCUT2D eigenvalue weighted by Gasteiger charge is -2.19. The molecule has 0 aromatic heterocycles. The summed E-state index contributed by atoms with van der Waals surface area (Å²) in [5.41, 5.74) is 1.41. The van der Waals surface area contributed by atoms with Gasteiger partial charge in [-0.05, 0) is 60.2 Å². The van der Waals surface area contributed by atoms with Gasteiger partial charge in [-0.25, -0.2) is 8.78 Å². The molecule has 0 radical (unpaired) electrons. The first-order valence-corrected chi connectivity index (χ1v) is 11.6. The van der Waals surface area contributed by atoms with Crippen LogP contribution in [-0.4, -0.2) is 17.3 Å². The predicted molar refractivity (Wildman–Crippen MR) is 135 cm³/mol. The van der Waals surface area contributed by atoms with Crippen molar-refractivity contribution in [1.29, 1.82) is 0 Å². The van der Waals surface area contributed by atoms with Gasteiger partial charge in [-0.15, -0.1) is 23.2 Å². The second-order valence-corrected chi connectivity index (χ2v) is 10.3. The zero-order chi connectivity index (χ0) is 24.8. The fourth-order valence-corrected chi connectivity index (χ4v) is 5.37. The normalized spacial score (nSPS) is 18.3. The summed E-state index contributed by atoms with van der Waals surface area (Å²) in [6, 6.07) is 14.7. The Labute approximate surface area is 215 Å². The molecule has 2 atom stereocenters. The Kier molecular flexibility index (Phi) is 6.85. The first kappa shape index (κ1) is 24.8. The minimum absolute atomic E-state index is 0.0438. The van der Waals surface area contributed by atoms with Gasteiger partial charge in [-0.2, -0.15) is 0 Å². The van der Waals surface area contributed by atoms with Crippen LogP contribution in [0.15, 0.2) is 72.9 Å². The van der Waals surface area contributed by atoms with E-state index in [-0.39, 0.29) is 17.2 Å². The number of anilines is 2. The van der Waals surface area contributed by atoms with E-state index in [0.717, 1.165) is 5.56 Å². The molecule has 0 bridgehead atoms. The molecular weight excluding hydrogens is 524 g/mol. The Morgan fingerprint density at radius 1 is 1.03 bits per heavy atom. The van der Waals surface area contributed by atoms with E-state index in [4.69, 9.17) is 46.4 Å². The highest BCUT2D eigenvalue weighted by atomic mass is 35.5. The molecule has 0 heterocycles. The van der Waals surface area contributed by atoms with Gasteiger partial charge in [-0.3, -0.25) is 4.79 Å². The van der Waals surface area contributed by atoms with Crippen molar-refractivity contribution in [3.8, 4) is 0 Å². The fraction of sp³-hybridized carbons (Fsp3) is 0.160. The second kappa shape index (κ2) is 9.38. The topological polar surface area (TPSA) is 32.3 Å². The van der Waals surface area contributed by atoms with Crippen molar-refractivity contribution < 1.29 is 13.6 Å². The number of halogens is 6. The largest absolute Gasteiger partial charge is 0.357 e. The summed E-state index contributed by atoms with van der Waals surface area (Å²) in [7, 11) is 1.48. The van der Waals surface area contributed by atoms with E-state index in [1.807, 2.05) is 0 Å². The molecule has 4 rings (SSSR count). The lowest BCUT2D eigenvalue weighted by Crippen LogP contribution is -2.27. The Hall–Kier alpha value is -2.31. The molecule has 34 heavy (non-hydrogen) atoms. The van der Waals surface area contributed by atoms with E-state index in [0.29, 0.717) is 21.4 Å².